The van der Waals surface area contributed by atoms with Crippen LogP contribution in [-0.2, 0) is 29.1 Å². The summed E-state index contributed by atoms with van der Waals surface area (Å²) in [5, 5.41) is 22.8. The van der Waals surface area contributed by atoms with Crippen LogP contribution >= 0.6 is 0 Å². The molecule has 10 aromatic rings. The van der Waals surface area contributed by atoms with Crippen molar-refractivity contribution in [3.05, 3.63) is 278 Å². The van der Waals surface area contributed by atoms with Gasteiger partial charge in [0.2, 0.25) is 0 Å². The Balaban J connectivity index is 1.01. The lowest BCUT2D eigenvalue weighted by Crippen LogP contribution is -2.38. The first kappa shape index (κ1) is 39.3. The molecule has 0 amide bonds. The van der Waals surface area contributed by atoms with Gasteiger partial charge in [0.05, 0.1) is 51.2 Å². The summed E-state index contributed by atoms with van der Waals surface area (Å²) >= 11 is 0. The van der Waals surface area contributed by atoms with Crippen molar-refractivity contribution in [3.8, 4) is 45.5 Å². The average Bonchev–Trinajstić information content (AvgIpc) is 4.05. The average molecular weight is 890 g/mol. The third kappa shape index (κ3) is 4.59. The summed E-state index contributed by atoms with van der Waals surface area (Å²) in [6.45, 7) is 4.94. The highest BCUT2D eigenvalue weighted by Crippen LogP contribution is 2.67. The van der Waals surface area contributed by atoms with Gasteiger partial charge in [0.15, 0.2) is 0 Å². The lowest BCUT2D eigenvalue weighted by Gasteiger charge is -2.47. The van der Waals surface area contributed by atoms with Gasteiger partial charge >= 0.3 is 0 Å². The maximum Gasteiger partial charge on any atom is 0.0991 e. The molecule has 3 heteroatoms. The number of rotatable bonds is 3. The molecular formula is C67H43N3. The Morgan fingerprint density at radius 3 is 1.43 bits per heavy atom. The van der Waals surface area contributed by atoms with E-state index in [1.807, 2.05) is 24.3 Å². The molecule has 10 aromatic carbocycles. The number of fused-ring (bicyclic) bond motifs is 15. The number of aryl methyl sites for hydroxylation is 2. The number of anilines is 3. The van der Waals surface area contributed by atoms with Gasteiger partial charge in [-0.15, -0.1) is 0 Å². The Morgan fingerprint density at radius 1 is 0.371 bits per heavy atom. The van der Waals surface area contributed by atoms with Gasteiger partial charge in [0.25, 0.3) is 0 Å². The fourth-order valence-corrected chi connectivity index (χ4v) is 14.5. The van der Waals surface area contributed by atoms with Crippen molar-refractivity contribution in [2.45, 2.75) is 42.9 Å². The zero-order valence-electron chi connectivity index (χ0n) is 38.8. The number of benzene rings is 10. The van der Waals surface area contributed by atoms with Crippen LogP contribution in [0.2, 0.25) is 0 Å². The maximum absolute atomic E-state index is 9.95. The molecule has 0 atom stereocenters. The van der Waals surface area contributed by atoms with Crippen LogP contribution < -0.4 is 4.90 Å². The van der Waals surface area contributed by atoms with Crippen molar-refractivity contribution in [2.75, 3.05) is 4.90 Å². The molecular weight excluding hydrogens is 847 g/mol. The van der Waals surface area contributed by atoms with Gasteiger partial charge in [-0.1, -0.05) is 172 Å². The van der Waals surface area contributed by atoms with Gasteiger partial charge in [-0.3, -0.25) is 0 Å². The molecule has 0 N–H and O–H groups in total. The molecule has 70 heavy (non-hydrogen) atoms. The summed E-state index contributed by atoms with van der Waals surface area (Å²) in [5.74, 6) is 0. The Kier molecular flexibility index (Phi) is 7.68. The van der Waals surface area contributed by atoms with Crippen molar-refractivity contribution < 1.29 is 0 Å². The van der Waals surface area contributed by atoms with Gasteiger partial charge in [-0.2, -0.15) is 10.5 Å². The van der Waals surface area contributed by atoms with Gasteiger partial charge in [-0.05, 0) is 166 Å². The molecule has 0 unspecified atom stereocenters. The van der Waals surface area contributed by atoms with Gasteiger partial charge < -0.3 is 4.90 Å². The number of para-hydroxylation sites is 2. The van der Waals surface area contributed by atoms with E-state index in [1.165, 1.54) is 88.7 Å². The second-order valence-corrected chi connectivity index (χ2v) is 20.4. The molecule has 0 bridgehead atoms. The minimum absolute atomic E-state index is 0.440. The summed E-state index contributed by atoms with van der Waals surface area (Å²) in [4.78, 5) is 2.52. The first-order valence-electron chi connectivity index (χ1n) is 24.5. The molecule has 0 saturated heterocycles. The SMILES string of the molecule is CC1(C)c2c(cccc2N2c3ccccc3C(c3ccc(C#N)cc3)(c3ccc(C#N)cc3)c3ccccc32)-c2ccc3c(c21)-c1ccc2c4c(ccc(c14)C31c3ccccc3-c3ccccc31)CC2. The number of hydrogen-bond donors (Lipinski definition) is 0. The van der Waals surface area contributed by atoms with Crippen LogP contribution in [0.1, 0.15) is 91.7 Å². The van der Waals surface area contributed by atoms with Crippen LogP contribution in [0.5, 0.6) is 0 Å². The molecule has 5 aliphatic rings. The number of hydrogen-bond acceptors (Lipinski definition) is 3. The molecule has 4 aliphatic carbocycles. The lowest BCUT2D eigenvalue weighted by molar-refractivity contribution is 0.656. The largest absolute Gasteiger partial charge is 0.309 e. The van der Waals surface area contributed by atoms with E-state index in [9.17, 15) is 10.5 Å². The van der Waals surface area contributed by atoms with Crippen molar-refractivity contribution in [1.29, 1.82) is 10.5 Å². The molecule has 0 radical (unpaired) electrons. The third-order valence-corrected chi connectivity index (χ3v) is 17.0. The summed E-state index contributed by atoms with van der Waals surface area (Å²) in [5.41, 5.74) is 26.3. The summed E-state index contributed by atoms with van der Waals surface area (Å²) in [6.07, 6.45) is 2.15. The summed E-state index contributed by atoms with van der Waals surface area (Å²) in [7, 11) is 0. The van der Waals surface area contributed by atoms with E-state index in [1.54, 1.807) is 0 Å². The summed E-state index contributed by atoms with van der Waals surface area (Å²) in [6, 6.07) is 78.7. The molecule has 326 valence electrons. The molecule has 1 spiro atoms. The van der Waals surface area contributed by atoms with Crippen LogP contribution in [0.3, 0.4) is 0 Å². The van der Waals surface area contributed by atoms with E-state index in [0.717, 1.165) is 52.2 Å². The van der Waals surface area contributed by atoms with Crippen LogP contribution in [0.25, 0.3) is 44.2 Å². The first-order valence-corrected chi connectivity index (χ1v) is 24.5. The fraction of sp³-hybridized carbons (Fsp3) is 0.104. The van der Waals surface area contributed by atoms with E-state index in [4.69, 9.17) is 0 Å². The van der Waals surface area contributed by atoms with E-state index in [0.29, 0.717) is 11.1 Å². The van der Waals surface area contributed by atoms with Crippen LogP contribution in [0.15, 0.2) is 200 Å². The van der Waals surface area contributed by atoms with E-state index < -0.39 is 16.2 Å². The number of nitrogens with zero attached hydrogens (tertiary/aromatic N) is 3. The predicted octanol–water partition coefficient (Wildman–Crippen LogP) is 15.5. The normalized spacial score (nSPS) is 15.7. The van der Waals surface area contributed by atoms with Crippen molar-refractivity contribution in [2.24, 2.45) is 0 Å². The van der Waals surface area contributed by atoms with Gasteiger partial charge in [0, 0.05) is 5.41 Å². The minimum Gasteiger partial charge on any atom is -0.309 e. The molecule has 0 fully saturated rings. The molecule has 3 nitrogen and oxygen atoms in total. The standard InChI is InChI=1S/C67H43N3/c1-65(2)63-48(14-11-21-59(63)70-57-19-9-7-17-53(57)66(54-18-8-10-20-58(54)70,44-30-22-40(38-68)23-31-44)45-32-24-41(39-69)25-33-45)49-35-37-56-62(64(49)65)50-34-28-42-26-27-43-29-36-55(61(50)60(42)43)67(56)51-15-5-3-12-46(51)47-13-4-6-16-52(47)67/h3-25,28-37H,26-27H2,1-2H3. The first-order chi connectivity index (χ1) is 34.4. The second kappa shape index (κ2) is 13.7. The topological polar surface area (TPSA) is 50.8 Å². The van der Waals surface area contributed by atoms with E-state index in [-0.39, 0.29) is 0 Å². The highest BCUT2D eigenvalue weighted by molar-refractivity contribution is 6.12. The zero-order valence-corrected chi connectivity index (χ0v) is 38.8. The minimum atomic E-state index is -0.767. The van der Waals surface area contributed by atoms with E-state index in [2.05, 4.69) is 207 Å². The van der Waals surface area contributed by atoms with Crippen molar-refractivity contribution >= 4 is 27.8 Å². The Hall–Kier alpha value is -8.76. The molecule has 15 rings (SSSR count). The summed E-state index contributed by atoms with van der Waals surface area (Å²) < 4.78 is 0. The molecule has 1 heterocycles. The molecule has 0 aromatic heterocycles. The fourth-order valence-electron chi connectivity index (χ4n) is 14.5. The van der Waals surface area contributed by atoms with Crippen LogP contribution in [-0.4, -0.2) is 0 Å². The highest BCUT2D eigenvalue weighted by Gasteiger charge is 2.54. The van der Waals surface area contributed by atoms with Crippen molar-refractivity contribution in [1.82, 2.24) is 0 Å². The van der Waals surface area contributed by atoms with Crippen molar-refractivity contribution in [3.63, 3.8) is 0 Å². The van der Waals surface area contributed by atoms with Gasteiger partial charge in [0.1, 0.15) is 0 Å². The molecule has 1 aliphatic heterocycles. The van der Waals surface area contributed by atoms with E-state index >= 15 is 0 Å². The Bertz CT molecular complexity index is 3900. The number of nitriles is 2. The quantitative estimate of drug-likeness (QED) is 0.178. The monoisotopic (exact) mass is 889 g/mol. The maximum atomic E-state index is 9.95. The predicted molar refractivity (Wildman–Crippen MR) is 281 cm³/mol. The van der Waals surface area contributed by atoms with Crippen LogP contribution in [0.4, 0.5) is 17.1 Å². The van der Waals surface area contributed by atoms with Gasteiger partial charge in [-0.25, -0.2) is 0 Å². The highest BCUT2D eigenvalue weighted by atomic mass is 15.2. The lowest BCUT2D eigenvalue weighted by atomic mass is 9.59. The zero-order chi connectivity index (χ0) is 46.7. The Labute approximate surface area is 407 Å². The van der Waals surface area contributed by atoms with Crippen LogP contribution in [0, 0.1) is 22.7 Å². The second-order valence-electron chi connectivity index (χ2n) is 20.4. The molecule has 0 saturated carbocycles. The third-order valence-electron chi connectivity index (χ3n) is 17.0. The Morgan fingerprint density at radius 2 is 0.843 bits per heavy atom. The smallest absolute Gasteiger partial charge is 0.0991 e.